The molecule has 7 nitrogen and oxygen atoms in total. The van der Waals surface area contributed by atoms with Crippen LogP contribution in [0.4, 0.5) is 4.79 Å². The highest BCUT2D eigenvalue weighted by molar-refractivity contribution is 6.07. The van der Waals surface area contributed by atoms with Gasteiger partial charge in [-0.15, -0.1) is 0 Å². The normalized spacial score (nSPS) is 34.0. The highest BCUT2D eigenvalue weighted by atomic mass is 16.2. The van der Waals surface area contributed by atoms with Crippen molar-refractivity contribution in [2.75, 3.05) is 13.1 Å². The quantitative estimate of drug-likeness (QED) is 0.636. The molecule has 0 radical (unpaired) electrons. The summed E-state index contributed by atoms with van der Waals surface area (Å²) >= 11 is 0. The van der Waals surface area contributed by atoms with Crippen LogP contribution in [0.3, 0.4) is 0 Å². The Morgan fingerprint density at radius 2 is 2.09 bits per heavy atom. The number of hydrogen-bond acceptors (Lipinski definition) is 4. The highest BCUT2D eigenvalue weighted by Crippen LogP contribution is 2.30. The molecule has 0 spiro atoms. The van der Waals surface area contributed by atoms with Crippen molar-refractivity contribution >= 4 is 17.8 Å². The van der Waals surface area contributed by atoms with Gasteiger partial charge in [-0.2, -0.15) is 0 Å². The number of amides is 4. The second-order valence-electron chi connectivity index (χ2n) is 6.90. The summed E-state index contributed by atoms with van der Waals surface area (Å²) in [5, 5.41) is 8.10. The molecule has 3 fully saturated rings. The van der Waals surface area contributed by atoms with Crippen LogP contribution in [0.1, 0.15) is 39.5 Å². The van der Waals surface area contributed by atoms with Crippen molar-refractivity contribution in [1.82, 2.24) is 20.9 Å². The third kappa shape index (κ3) is 2.82. The molecule has 3 rings (SSSR count). The Bertz CT molecular complexity index is 505. The van der Waals surface area contributed by atoms with Gasteiger partial charge in [-0.25, -0.2) is 4.79 Å². The summed E-state index contributed by atoms with van der Waals surface area (Å²) in [5.74, 6) is -0.184. The molecule has 122 valence electrons. The molecule has 0 bridgehead atoms. The summed E-state index contributed by atoms with van der Waals surface area (Å²) in [6, 6.07) is -0.274. The molecule has 1 aliphatic carbocycles. The minimum Gasteiger partial charge on any atom is -0.352 e. The molecule has 2 heterocycles. The lowest BCUT2D eigenvalue weighted by Crippen LogP contribution is -2.58. The van der Waals surface area contributed by atoms with E-state index in [0.717, 1.165) is 32.2 Å². The molecule has 4 amide bonds. The number of piperidine rings is 1. The van der Waals surface area contributed by atoms with E-state index in [9.17, 15) is 14.4 Å². The number of urea groups is 1. The zero-order chi connectivity index (χ0) is 15.9. The Hall–Kier alpha value is -1.63. The van der Waals surface area contributed by atoms with Gasteiger partial charge in [0.15, 0.2) is 0 Å². The maximum Gasteiger partial charge on any atom is 0.322 e. The summed E-state index contributed by atoms with van der Waals surface area (Å²) < 4.78 is 0. The van der Waals surface area contributed by atoms with E-state index in [4.69, 9.17) is 0 Å². The SMILES string of the molecule is C[C@H](C(=O)NC1CC1)N1CCC[C@@H]([C@]2(C)NC(=O)NC2=O)C1. The molecule has 0 unspecified atom stereocenters. The molecule has 3 aliphatic rings. The Balaban J connectivity index is 1.64. The fraction of sp³-hybridized carbons (Fsp3) is 0.800. The first kappa shape index (κ1) is 15.3. The van der Waals surface area contributed by atoms with Gasteiger partial charge in [0.25, 0.3) is 5.91 Å². The highest BCUT2D eigenvalue weighted by Gasteiger charge is 2.49. The summed E-state index contributed by atoms with van der Waals surface area (Å²) in [7, 11) is 0. The first-order chi connectivity index (χ1) is 10.4. The Morgan fingerprint density at radius 3 is 2.68 bits per heavy atom. The average molecular weight is 308 g/mol. The predicted molar refractivity (Wildman–Crippen MR) is 80.0 cm³/mol. The maximum atomic E-state index is 12.2. The van der Waals surface area contributed by atoms with Crippen LogP contribution in [0.25, 0.3) is 0 Å². The van der Waals surface area contributed by atoms with Crippen molar-refractivity contribution in [3.05, 3.63) is 0 Å². The van der Waals surface area contributed by atoms with Gasteiger partial charge < -0.3 is 10.6 Å². The van der Waals surface area contributed by atoms with Gasteiger partial charge in [0.05, 0.1) is 6.04 Å². The summed E-state index contributed by atoms with van der Waals surface area (Å²) in [6.45, 7) is 5.18. The molecule has 0 aromatic heterocycles. The van der Waals surface area contributed by atoms with Crippen molar-refractivity contribution in [3.63, 3.8) is 0 Å². The fourth-order valence-electron chi connectivity index (χ4n) is 3.39. The van der Waals surface area contributed by atoms with E-state index < -0.39 is 11.6 Å². The van der Waals surface area contributed by atoms with Crippen LogP contribution in [-0.2, 0) is 9.59 Å². The predicted octanol–water partition coefficient (Wildman–Crippen LogP) is -0.0364. The number of nitrogens with zero attached hydrogens (tertiary/aromatic N) is 1. The van der Waals surface area contributed by atoms with Gasteiger partial charge in [0.1, 0.15) is 5.54 Å². The number of carbonyl (C=O) groups excluding carboxylic acids is 3. The smallest absolute Gasteiger partial charge is 0.322 e. The number of hydrogen-bond donors (Lipinski definition) is 3. The van der Waals surface area contributed by atoms with E-state index in [0.29, 0.717) is 12.6 Å². The molecule has 0 aromatic carbocycles. The average Bonchev–Trinajstić information content (AvgIpc) is 3.25. The maximum absolute atomic E-state index is 12.2. The minimum atomic E-state index is -0.873. The molecule has 1 saturated carbocycles. The largest absolute Gasteiger partial charge is 0.352 e. The van der Waals surface area contributed by atoms with Crippen molar-refractivity contribution in [2.24, 2.45) is 5.92 Å². The van der Waals surface area contributed by atoms with Gasteiger partial charge in [-0.1, -0.05) is 0 Å². The molecule has 22 heavy (non-hydrogen) atoms. The van der Waals surface area contributed by atoms with Gasteiger partial charge in [-0.05, 0) is 46.1 Å². The second kappa shape index (κ2) is 5.53. The second-order valence-corrected chi connectivity index (χ2v) is 6.90. The minimum absolute atomic E-state index is 0.0175. The Morgan fingerprint density at radius 1 is 1.36 bits per heavy atom. The van der Waals surface area contributed by atoms with E-state index >= 15 is 0 Å². The van der Waals surface area contributed by atoms with Crippen LogP contribution in [0.15, 0.2) is 0 Å². The third-order valence-corrected chi connectivity index (χ3v) is 5.19. The number of nitrogens with one attached hydrogen (secondary N) is 3. The van der Waals surface area contributed by atoms with Crippen molar-refractivity contribution in [1.29, 1.82) is 0 Å². The number of rotatable bonds is 4. The lowest BCUT2D eigenvalue weighted by Gasteiger charge is -2.41. The monoisotopic (exact) mass is 308 g/mol. The summed E-state index contributed by atoms with van der Waals surface area (Å²) in [4.78, 5) is 37.9. The van der Waals surface area contributed by atoms with Crippen molar-refractivity contribution in [2.45, 2.75) is 57.2 Å². The van der Waals surface area contributed by atoms with E-state index in [-0.39, 0.29) is 23.8 Å². The Kier molecular flexibility index (Phi) is 3.84. The van der Waals surface area contributed by atoms with Crippen LogP contribution in [0, 0.1) is 5.92 Å². The molecular weight excluding hydrogens is 284 g/mol. The lowest BCUT2D eigenvalue weighted by molar-refractivity contribution is -0.128. The van der Waals surface area contributed by atoms with E-state index in [1.807, 2.05) is 6.92 Å². The van der Waals surface area contributed by atoms with Crippen LogP contribution >= 0.6 is 0 Å². The molecule has 3 atom stereocenters. The summed E-state index contributed by atoms with van der Waals surface area (Å²) in [6.07, 6.45) is 3.94. The Labute approximate surface area is 130 Å². The first-order valence-corrected chi connectivity index (χ1v) is 8.08. The number of likely N-dealkylation sites (tertiary alicyclic amines) is 1. The summed E-state index contributed by atoms with van der Waals surface area (Å²) in [5.41, 5.74) is -0.873. The van der Waals surface area contributed by atoms with Crippen molar-refractivity contribution in [3.8, 4) is 0 Å². The van der Waals surface area contributed by atoms with E-state index in [1.165, 1.54) is 0 Å². The number of carbonyl (C=O) groups is 3. The number of imide groups is 1. The van der Waals surface area contributed by atoms with E-state index in [1.54, 1.807) is 6.92 Å². The standard InChI is InChI=1S/C15H24N4O3/c1-9(12(20)16-11-5-6-11)19-7-3-4-10(8-19)15(2)13(21)17-14(22)18-15/h9-11H,3-8H2,1-2H3,(H,16,20)(H2,17,18,21,22)/t9-,10-,15+/m1/s1. The van der Waals surface area contributed by atoms with Gasteiger partial charge in [0.2, 0.25) is 5.91 Å². The topological polar surface area (TPSA) is 90.5 Å². The van der Waals surface area contributed by atoms with Gasteiger partial charge >= 0.3 is 6.03 Å². The molecule has 3 N–H and O–H groups in total. The molecule has 7 heteroatoms. The fourth-order valence-corrected chi connectivity index (χ4v) is 3.39. The zero-order valence-electron chi connectivity index (χ0n) is 13.1. The van der Waals surface area contributed by atoms with Crippen molar-refractivity contribution < 1.29 is 14.4 Å². The zero-order valence-corrected chi connectivity index (χ0v) is 13.1. The van der Waals surface area contributed by atoms with E-state index in [2.05, 4.69) is 20.9 Å². The molecule has 2 saturated heterocycles. The van der Waals surface area contributed by atoms with Crippen LogP contribution in [0.2, 0.25) is 0 Å². The van der Waals surface area contributed by atoms with Gasteiger partial charge in [-0.3, -0.25) is 19.8 Å². The van der Waals surface area contributed by atoms with Crippen LogP contribution < -0.4 is 16.0 Å². The first-order valence-electron chi connectivity index (χ1n) is 8.08. The third-order valence-electron chi connectivity index (χ3n) is 5.19. The van der Waals surface area contributed by atoms with Crippen LogP contribution in [0.5, 0.6) is 0 Å². The lowest BCUT2D eigenvalue weighted by atomic mass is 9.79. The molecule has 2 aliphatic heterocycles. The van der Waals surface area contributed by atoms with Crippen LogP contribution in [-0.4, -0.2) is 53.5 Å². The van der Waals surface area contributed by atoms with Gasteiger partial charge in [0, 0.05) is 18.5 Å². The molecular formula is C15H24N4O3. The molecule has 0 aromatic rings.